The minimum atomic E-state index is -0.441. The lowest BCUT2D eigenvalue weighted by Gasteiger charge is -2.21. The molecule has 1 N–H and O–H groups in total. The molecule has 4 rings (SSSR count). The van der Waals surface area contributed by atoms with E-state index < -0.39 is 5.82 Å². The number of aromatic nitrogens is 3. The van der Waals surface area contributed by atoms with Crippen molar-refractivity contribution in [2.75, 3.05) is 24.5 Å². The van der Waals surface area contributed by atoms with Gasteiger partial charge >= 0.3 is 0 Å². The Kier molecular flexibility index (Phi) is 5.03. The van der Waals surface area contributed by atoms with Crippen LogP contribution in [0.4, 0.5) is 10.2 Å². The first-order chi connectivity index (χ1) is 13.1. The third-order valence-electron chi connectivity index (χ3n) is 5.24. The highest BCUT2D eigenvalue weighted by molar-refractivity contribution is 6.28. The number of carbonyl (C=O) groups excluding carboxylic acids is 1. The van der Waals surface area contributed by atoms with Gasteiger partial charge in [-0.1, -0.05) is 6.07 Å². The van der Waals surface area contributed by atoms with Gasteiger partial charge in [-0.25, -0.2) is 9.37 Å². The Bertz CT molecular complexity index is 850. The summed E-state index contributed by atoms with van der Waals surface area (Å²) in [5, 5.41) is 2.97. The molecule has 1 amide bonds. The molecule has 1 saturated heterocycles. The van der Waals surface area contributed by atoms with Crippen molar-refractivity contribution in [1.29, 1.82) is 0 Å². The van der Waals surface area contributed by atoms with Crippen LogP contribution in [0.5, 0.6) is 0 Å². The Hall–Kier alpha value is -2.54. The molecule has 2 fully saturated rings. The maximum absolute atomic E-state index is 13.9. The van der Waals surface area contributed by atoms with Crippen LogP contribution in [0.15, 0.2) is 36.7 Å². The largest absolute Gasteiger partial charge is 0.353 e. The second-order valence-corrected chi connectivity index (χ2v) is 7.21. The Morgan fingerprint density at radius 2 is 2.15 bits per heavy atom. The third kappa shape index (κ3) is 4.08. The van der Waals surface area contributed by atoms with E-state index >= 15 is 0 Å². The first-order valence-corrected chi connectivity index (χ1v) is 9.29. The number of pyridine rings is 1. The molecule has 3 atom stereocenters. The normalized spacial score (nSPS) is 23.5. The minimum Gasteiger partial charge on any atom is -0.353 e. The summed E-state index contributed by atoms with van der Waals surface area (Å²) in [7, 11) is 0. The molecule has 0 spiro atoms. The fraction of sp³-hybridized carbons (Fsp3) is 0.368. The highest BCUT2D eigenvalue weighted by atomic mass is 35.5. The number of amides is 1. The van der Waals surface area contributed by atoms with E-state index in [2.05, 4.69) is 20.3 Å². The van der Waals surface area contributed by atoms with Crippen LogP contribution >= 0.6 is 11.6 Å². The van der Waals surface area contributed by atoms with E-state index in [1.807, 2.05) is 23.1 Å². The van der Waals surface area contributed by atoms with E-state index in [1.54, 1.807) is 12.3 Å². The molecule has 0 aromatic carbocycles. The number of nitrogens with zero attached hydrogens (tertiary/aromatic N) is 4. The standard InChI is InChI=1S/C19H19ClFN5O/c20-19-24-9-16(21)18(25-19)26-10-14-13(15(14)11-26)6-8-23-17(27)5-4-12-3-1-2-7-22-12/h1-5,7,9,13-15H,6,8,10-11H2,(H,23,27)/b5-4+/t13?,14-,15+. The first kappa shape index (κ1) is 17.9. The summed E-state index contributed by atoms with van der Waals surface area (Å²) in [5.74, 6) is 1.35. The zero-order chi connectivity index (χ0) is 18.8. The van der Waals surface area contributed by atoms with Gasteiger partial charge in [0, 0.05) is 31.9 Å². The number of nitrogens with one attached hydrogen (secondary N) is 1. The highest BCUT2D eigenvalue weighted by Gasteiger charge is 2.55. The van der Waals surface area contributed by atoms with Gasteiger partial charge in [-0.3, -0.25) is 9.78 Å². The number of halogens is 2. The van der Waals surface area contributed by atoms with Crippen LogP contribution in [0.2, 0.25) is 5.28 Å². The van der Waals surface area contributed by atoms with Gasteiger partial charge in [0.25, 0.3) is 0 Å². The fourth-order valence-electron chi connectivity index (χ4n) is 3.87. The van der Waals surface area contributed by atoms with Gasteiger partial charge in [0.15, 0.2) is 11.6 Å². The molecule has 0 radical (unpaired) electrons. The molecule has 27 heavy (non-hydrogen) atoms. The monoisotopic (exact) mass is 387 g/mol. The van der Waals surface area contributed by atoms with Crippen molar-refractivity contribution in [1.82, 2.24) is 20.3 Å². The molecule has 8 heteroatoms. The van der Waals surface area contributed by atoms with Crippen LogP contribution < -0.4 is 10.2 Å². The van der Waals surface area contributed by atoms with E-state index in [-0.39, 0.29) is 17.0 Å². The Morgan fingerprint density at radius 3 is 2.89 bits per heavy atom. The predicted octanol–water partition coefficient (Wildman–Crippen LogP) is 2.57. The van der Waals surface area contributed by atoms with Crippen molar-refractivity contribution in [2.45, 2.75) is 6.42 Å². The van der Waals surface area contributed by atoms with Gasteiger partial charge in [-0.05, 0) is 54.0 Å². The summed E-state index contributed by atoms with van der Waals surface area (Å²) in [6, 6.07) is 5.55. The Balaban J connectivity index is 1.20. The number of hydrogen-bond acceptors (Lipinski definition) is 5. The maximum Gasteiger partial charge on any atom is 0.244 e. The van der Waals surface area contributed by atoms with Gasteiger partial charge in [-0.15, -0.1) is 0 Å². The lowest BCUT2D eigenvalue weighted by Crippen LogP contribution is -2.28. The zero-order valence-electron chi connectivity index (χ0n) is 14.6. The second-order valence-electron chi connectivity index (χ2n) is 6.87. The summed E-state index contributed by atoms with van der Waals surface area (Å²) < 4.78 is 13.9. The summed E-state index contributed by atoms with van der Waals surface area (Å²) in [4.78, 5) is 25.6. The maximum atomic E-state index is 13.9. The summed E-state index contributed by atoms with van der Waals surface area (Å²) >= 11 is 5.77. The predicted molar refractivity (Wildman–Crippen MR) is 101 cm³/mol. The summed E-state index contributed by atoms with van der Waals surface area (Å²) in [5.41, 5.74) is 0.751. The van der Waals surface area contributed by atoms with Crippen LogP contribution in [-0.2, 0) is 4.79 Å². The molecular weight excluding hydrogens is 369 g/mol. The smallest absolute Gasteiger partial charge is 0.244 e. The molecule has 0 bridgehead atoms. The molecule has 1 aliphatic heterocycles. The second kappa shape index (κ2) is 7.60. The van der Waals surface area contributed by atoms with Crippen molar-refractivity contribution in [3.8, 4) is 0 Å². The number of piperidine rings is 1. The molecule has 1 unspecified atom stereocenters. The van der Waals surface area contributed by atoms with Crippen LogP contribution in [0.1, 0.15) is 12.1 Å². The molecule has 3 heterocycles. The van der Waals surface area contributed by atoms with Gasteiger partial charge in [0.05, 0.1) is 11.9 Å². The van der Waals surface area contributed by atoms with E-state index in [1.165, 1.54) is 6.08 Å². The van der Waals surface area contributed by atoms with E-state index in [0.717, 1.165) is 31.4 Å². The number of rotatable bonds is 6. The van der Waals surface area contributed by atoms with Crippen molar-refractivity contribution in [2.24, 2.45) is 17.8 Å². The number of carbonyl (C=O) groups is 1. The molecule has 2 aliphatic rings. The zero-order valence-corrected chi connectivity index (χ0v) is 15.3. The molecular formula is C19H19ClFN5O. The van der Waals surface area contributed by atoms with Crippen molar-refractivity contribution in [3.63, 3.8) is 0 Å². The van der Waals surface area contributed by atoms with E-state index in [0.29, 0.717) is 24.3 Å². The Labute approximate surface area is 161 Å². The number of fused-ring (bicyclic) bond motifs is 1. The van der Waals surface area contributed by atoms with E-state index in [9.17, 15) is 9.18 Å². The Morgan fingerprint density at radius 1 is 1.33 bits per heavy atom. The lowest BCUT2D eigenvalue weighted by molar-refractivity contribution is -0.116. The first-order valence-electron chi connectivity index (χ1n) is 8.92. The molecule has 2 aromatic rings. The van der Waals surface area contributed by atoms with Gasteiger partial charge in [0.2, 0.25) is 11.2 Å². The van der Waals surface area contributed by atoms with Gasteiger partial charge in [-0.2, -0.15) is 4.98 Å². The molecule has 2 aromatic heterocycles. The summed E-state index contributed by atoms with van der Waals surface area (Å²) in [6.07, 6.45) is 6.92. The minimum absolute atomic E-state index is 0.0602. The molecule has 1 saturated carbocycles. The number of anilines is 1. The number of hydrogen-bond donors (Lipinski definition) is 1. The molecule has 1 aliphatic carbocycles. The van der Waals surface area contributed by atoms with Crippen molar-refractivity contribution < 1.29 is 9.18 Å². The summed E-state index contributed by atoms with van der Waals surface area (Å²) in [6.45, 7) is 2.18. The molecule has 140 valence electrons. The SMILES string of the molecule is O=C(/C=C/c1ccccn1)NCCC1[C@H]2CN(c3nc(Cl)ncc3F)C[C@@H]12. The highest BCUT2D eigenvalue weighted by Crippen LogP contribution is 2.54. The van der Waals surface area contributed by atoms with E-state index in [4.69, 9.17) is 11.6 Å². The van der Waals surface area contributed by atoms with Crippen LogP contribution in [-0.4, -0.2) is 40.5 Å². The quantitative estimate of drug-likeness (QED) is 0.609. The average Bonchev–Trinajstić information content (AvgIpc) is 3.12. The van der Waals surface area contributed by atoms with Crippen LogP contribution in [0, 0.1) is 23.6 Å². The van der Waals surface area contributed by atoms with Gasteiger partial charge < -0.3 is 10.2 Å². The van der Waals surface area contributed by atoms with Crippen LogP contribution in [0.3, 0.4) is 0 Å². The van der Waals surface area contributed by atoms with Crippen LogP contribution in [0.25, 0.3) is 6.08 Å². The fourth-order valence-corrected chi connectivity index (χ4v) is 4.00. The molecule has 6 nitrogen and oxygen atoms in total. The topological polar surface area (TPSA) is 71.0 Å². The van der Waals surface area contributed by atoms with Crippen molar-refractivity contribution >= 4 is 29.4 Å². The lowest BCUT2D eigenvalue weighted by atomic mass is 10.2. The van der Waals surface area contributed by atoms with Crippen molar-refractivity contribution in [3.05, 3.63) is 53.5 Å². The third-order valence-corrected chi connectivity index (χ3v) is 5.42. The average molecular weight is 388 g/mol. The van der Waals surface area contributed by atoms with Gasteiger partial charge in [0.1, 0.15) is 0 Å².